The molecule has 1 heterocycles. The van der Waals surface area contributed by atoms with Gasteiger partial charge in [-0.1, -0.05) is 28.1 Å². The molecule has 26 heavy (non-hydrogen) atoms. The lowest BCUT2D eigenvalue weighted by molar-refractivity contribution is 0.269. The van der Waals surface area contributed by atoms with E-state index in [0.29, 0.717) is 31.3 Å². The molecular formula is C18H18BrFN4O2. The van der Waals surface area contributed by atoms with Crippen molar-refractivity contribution in [2.75, 3.05) is 12.0 Å². The molecule has 6 nitrogen and oxygen atoms in total. The van der Waals surface area contributed by atoms with Crippen molar-refractivity contribution < 1.29 is 13.9 Å². The van der Waals surface area contributed by atoms with Crippen molar-refractivity contribution in [2.45, 2.75) is 20.1 Å². The number of hydrogen-bond acceptors (Lipinski definition) is 5. The number of ether oxygens (including phenoxy) is 2. The first-order valence-corrected chi connectivity index (χ1v) is 8.86. The normalized spacial score (nSPS) is 10.6. The summed E-state index contributed by atoms with van der Waals surface area (Å²) in [5, 5.41) is 7.49. The van der Waals surface area contributed by atoms with Crippen molar-refractivity contribution in [3.8, 4) is 11.5 Å². The van der Waals surface area contributed by atoms with Crippen molar-refractivity contribution in [1.82, 2.24) is 14.9 Å². The third-order valence-electron chi connectivity index (χ3n) is 3.59. The maximum atomic E-state index is 13.0. The van der Waals surface area contributed by atoms with Crippen molar-refractivity contribution in [3.63, 3.8) is 0 Å². The summed E-state index contributed by atoms with van der Waals surface area (Å²) in [4.78, 5) is 0. The molecule has 1 N–H and O–H groups in total. The van der Waals surface area contributed by atoms with Crippen LogP contribution < -0.4 is 14.9 Å². The molecule has 0 radical (unpaired) electrons. The number of benzene rings is 2. The second-order valence-electron chi connectivity index (χ2n) is 5.44. The lowest BCUT2D eigenvalue weighted by atomic mass is 10.2. The van der Waals surface area contributed by atoms with Crippen molar-refractivity contribution in [3.05, 3.63) is 70.5 Å². The Morgan fingerprint density at radius 2 is 1.77 bits per heavy atom. The summed E-state index contributed by atoms with van der Waals surface area (Å²) < 4.78 is 27.2. The predicted molar refractivity (Wildman–Crippen MR) is 99.1 cm³/mol. The highest BCUT2D eigenvalue weighted by Gasteiger charge is 2.11. The first kappa shape index (κ1) is 18.2. The van der Waals surface area contributed by atoms with Crippen LogP contribution in [0, 0.1) is 5.82 Å². The Morgan fingerprint density at radius 1 is 1.08 bits per heavy atom. The summed E-state index contributed by atoms with van der Waals surface area (Å²) in [5.74, 6) is 1.01. The summed E-state index contributed by atoms with van der Waals surface area (Å²) in [6, 6.07) is 10.0. The molecule has 0 saturated carbocycles. The SMILES string of the molecule is CCOc1cc(CNn2cnnc2)c(Br)cc1OCc1ccc(F)cc1. The van der Waals surface area contributed by atoms with Crippen LogP contribution in [0.3, 0.4) is 0 Å². The van der Waals surface area contributed by atoms with Crippen LogP contribution in [-0.2, 0) is 13.2 Å². The minimum Gasteiger partial charge on any atom is -0.490 e. The average molecular weight is 421 g/mol. The van der Waals surface area contributed by atoms with Crippen LogP contribution in [0.15, 0.2) is 53.5 Å². The Hall–Kier alpha value is -2.61. The Balaban J connectivity index is 1.73. The lowest BCUT2D eigenvalue weighted by Crippen LogP contribution is -2.12. The van der Waals surface area contributed by atoms with Gasteiger partial charge in [-0.25, -0.2) is 9.07 Å². The van der Waals surface area contributed by atoms with Crippen LogP contribution in [-0.4, -0.2) is 21.5 Å². The van der Waals surface area contributed by atoms with E-state index in [4.69, 9.17) is 9.47 Å². The Bertz CT molecular complexity index is 841. The molecule has 0 fully saturated rings. The summed E-state index contributed by atoms with van der Waals surface area (Å²) in [5.41, 5.74) is 5.04. The first-order chi connectivity index (χ1) is 12.7. The van der Waals surface area contributed by atoms with Gasteiger partial charge in [-0.2, -0.15) is 0 Å². The van der Waals surface area contributed by atoms with Crippen LogP contribution in [0.1, 0.15) is 18.1 Å². The van der Waals surface area contributed by atoms with Gasteiger partial charge < -0.3 is 14.9 Å². The molecule has 0 aliphatic carbocycles. The average Bonchev–Trinajstić information content (AvgIpc) is 3.15. The molecule has 0 unspecified atom stereocenters. The quantitative estimate of drug-likeness (QED) is 0.598. The van der Waals surface area contributed by atoms with Crippen molar-refractivity contribution in [1.29, 1.82) is 0 Å². The third-order valence-corrected chi connectivity index (χ3v) is 4.33. The molecule has 1 aromatic heterocycles. The van der Waals surface area contributed by atoms with E-state index in [0.717, 1.165) is 15.6 Å². The molecule has 136 valence electrons. The van der Waals surface area contributed by atoms with Crippen molar-refractivity contribution >= 4 is 15.9 Å². The lowest BCUT2D eigenvalue weighted by Gasteiger charge is -2.16. The van der Waals surface area contributed by atoms with Gasteiger partial charge >= 0.3 is 0 Å². The van der Waals surface area contributed by atoms with Crippen LogP contribution in [0.2, 0.25) is 0 Å². The highest BCUT2D eigenvalue weighted by atomic mass is 79.9. The topological polar surface area (TPSA) is 61.2 Å². The van der Waals surface area contributed by atoms with Crippen LogP contribution in [0.4, 0.5) is 4.39 Å². The van der Waals surface area contributed by atoms with E-state index in [1.165, 1.54) is 12.1 Å². The zero-order valence-corrected chi connectivity index (χ0v) is 15.7. The molecule has 0 atom stereocenters. The maximum Gasteiger partial charge on any atom is 0.162 e. The molecular weight excluding hydrogens is 403 g/mol. The Morgan fingerprint density at radius 3 is 2.46 bits per heavy atom. The van der Waals surface area contributed by atoms with Gasteiger partial charge in [0.15, 0.2) is 11.5 Å². The maximum absolute atomic E-state index is 13.0. The van der Waals surface area contributed by atoms with E-state index in [1.807, 2.05) is 19.1 Å². The second-order valence-corrected chi connectivity index (χ2v) is 6.30. The van der Waals surface area contributed by atoms with Gasteiger partial charge in [0.1, 0.15) is 25.1 Å². The predicted octanol–water partition coefficient (Wildman–Crippen LogP) is 3.90. The van der Waals surface area contributed by atoms with Gasteiger partial charge in [0.2, 0.25) is 0 Å². The molecule has 0 bridgehead atoms. The van der Waals surface area contributed by atoms with Gasteiger partial charge in [-0.15, -0.1) is 10.2 Å². The molecule has 0 saturated heterocycles. The van der Waals surface area contributed by atoms with Crippen LogP contribution >= 0.6 is 15.9 Å². The number of rotatable bonds is 8. The van der Waals surface area contributed by atoms with E-state index in [9.17, 15) is 4.39 Å². The molecule has 3 aromatic rings. The van der Waals surface area contributed by atoms with Crippen LogP contribution in [0.5, 0.6) is 11.5 Å². The number of hydrogen-bond donors (Lipinski definition) is 1. The first-order valence-electron chi connectivity index (χ1n) is 8.06. The summed E-state index contributed by atoms with van der Waals surface area (Å²) in [6.45, 7) is 3.32. The molecule has 0 amide bonds. The Kier molecular flexibility index (Phi) is 6.06. The van der Waals surface area contributed by atoms with Crippen molar-refractivity contribution in [2.24, 2.45) is 0 Å². The number of halogens is 2. The van der Waals surface area contributed by atoms with E-state index in [1.54, 1.807) is 29.5 Å². The van der Waals surface area contributed by atoms with E-state index in [2.05, 4.69) is 31.6 Å². The zero-order chi connectivity index (χ0) is 18.4. The number of nitrogens with one attached hydrogen (secondary N) is 1. The molecule has 0 spiro atoms. The highest BCUT2D eigenvalue weighted by molar-refractivity contribution is 9.10. The Labute approximate surface area is 159 Å². The standard InChI is InChI=1S/C18H18BrFN4O2/c1-2-25-17-7-14(9-23-24-11-21-22-12-24)16(19)8-18(17)26-10-13-3-5-15(20)6-4-13/h3-8,11-12,23H,2,9-10H2,1H3. The zero-order valence-electron chi connectivity index (χ0n) is 14.2. The summed E-state index contributed by atoms with van der Waals surface area (Å²) in [6.07, 6.45) is 3.16. The van der Waals surface area contributed by atoms with E-state index < -0.39 is 0 Å². The molecule has 3 rings (SSSR count). The minimum atomic E-state index is -0.267. The van der Waals surface area contributed by atoms with Gasteiger partial charge in [0.05, 0.1) is 13.2 Å². The number of nitrogens with zero attached hydrogens (tertiary/aromatic N) is 3. The fourth-order valence-corrected chi connectivity index (χ4v) is 2.76. The monoisotopic (exact) mass is 420 g/mol. The van der Waals surface area contributed by atoms with E-state index >= 15 is 0 Å². The fraction of sp³-hybridized carbons (Fsp3) is 0.222. The minimum absolute atomic E-state index is 0.267. The highest BCUT2D eigenvalue weighted by Crippen LogP contribution is 2.34. The molecule has 8 heteroatoms. The third kappa shape index (κ3) is 4.72. The smallest absolute Gasteiger partial charge is 0.162 e. The van der Waals surface area contributed by atoms with Gasteiger partial charge in [0.25, 0.3) is 0 Å². The largest absolute Gasteiger partial charge is 0.490 e. The van der Waals surface area contributed by atoms with E-state index in [-0.39, 0.29) is 5.82 Å². The molecule has 0 aliphatic rings. The fourth-order valence-electron chi connectivity index (χ4n) is 2.29. The summed E-state index contributed by atoms with van der Waals surface area (Å²) in [7, 11) is 0. The van der Waals surface area contributed by atoms with Gasteiger partial charge in [-0.05, 0) is 42.3 Å². The van der Waals surface area contributed by atoms with Gasteiger partial charge in [-0.3, -0.25) is 0 Å². The second kappa shape index (κ2) is 8.66. The molecule has 0 aliphatic heterocycles. The van der Waals surface area contributed by atoms with Crippen LogP contribution in [0.25, 0.3) is 0 Å². The number of aromatic nitrogens is 3. The van der Waals surface area contributed by atoms with Gasteiger partial charge in [0, 0.05) is 4.47 Å². The summed E-state index contributed by atoms with van der Waals surface area (Å²) >= 11 is 3.57. The molecule has 2 aromatic carbocycles.